The zero-order chi connectivity index (χ0) is 17.8. The van der Waals surface area contributed by atoms with Crippen LogP contribution in [-0.2, 0) is 22.6 Å². The second-order valence-corrected chi connectivity index (χ2v) is 7.40. The quantitative estimate of drug-likeness (QED) is 0.826. The van der Waals surface area contributed by atoms with Gasteiger partial charge in [0, 0.05) is 32.4 Å². The molecule has 26 heavy (non-hydrogen) atoms. The molecule has 0 aliphatic carbocycles. The van der Waals surface area contributed by atoms with Crippen molar-refractivity contribution in [1.29, 1.82) is 0 Å². The van der Waals surface area contributed by atoms with Crippen LogP contribution in [0.15, 0.2) is 42.6 Å². The predicted molar refractivity (Wildman–Crippen MR) is 99.6 cm³/mol. The maximum Gasteiger partial charge on any atom is 0.125 e. The van der Waals surface area contributed by atoms with Crippen molar-refractivity contribution in [3.05, 3.63) is 59.7 Å². The van der Waals surface area contributed by atoms with Gasteiger partial charge in [-0.05, 0) is 37.8 Å². The highest BCUT2D eigenvalue weighted by atomic mass is 16.6. The Morgan fingerprint density at radius 3 is 2.92 bits per heavy atom. The third-order valence-corrected chi connectivity index (χ3v) is 5.43. The summed E-state index contributed by atoms with van der Waals surface area (Å²) in [5.41, 5.74) is 2.13. The van der Waals surface area contributed by atoms with Crippen LogP contribution in [0.4, 0.5) is 0 Å². The number of aryl methyl sites for hydroxylation is 1. The van der Waals surface area contributed by atoms with E-state index in [0.717, 1.165) is 57.0 Å². The summed E-state index contributed by atoms with van der Waals surface area (Å²) in [6, 6.07) is 12.4. The van der Waals surface area contributed by atoms with E-state index in [-0.39, 0.29) is 11.7 Å². The van der Waals surface area contributed by atoms with Gasteiger partial charge in [0.15, 0.2) is 0 Å². The Morgan fingerprint density at radius 2 is 2.15 bits per heavy atom. The smallest absolute Gasteiger partial charge is 0.125 e. The van der Waals surface area contributed by atoms with Crippen molar-refractivity contribution in [3.8, 4) is 0 Å². The maximum atomic E-state index is 6.35. The van der Waals surface area contributed by atoms with E-state index in [9.17, 15) is 0 Å². The van der Waals surface area contributed by atoms with Gasteiger partial charge in [-0.3, -0.25) is 4.90 Å². The van der Waals surface area contributed by atoms with Gasteiger partial charge in [-0.1, -0.05) is 30.3 Å². The molecule has 2 atom stereocenters. The zero-order valence-electron chi connectivity index (χ0n) is 15.4. The van der Waals surface area contributed by atoms with E-state index in [4.69, 9.17) is 9.47 Å². The van der Waals surface area contributed by atoms with E-state index in [0.29, 0.717) is 6.61 Å². The van der Waals surface area contributed by atoms with Crippen LogP contribution in [-0.4, -0.2) is 46.3 Å². The molecule has 0 saturated carbocycles. The Labute approximate surface area is 155 Å². The number of benzene rings is 1. The maximum absolute atomic E-state index is 6.35. The van der Waals surface area contributed by atoms with Crippen LogP contribution in [0.1, 0.15) is 36.3 Å². The van der Waals surface area contributed by atoms with Crippen LogP contribution in [0.2, 0.25) is 0 Å². The molecule has 1 spiro atoms. The Kier molecular flexibility index (Phi) is 5.29. The van der Waals surface area contributed by atoms with E-state index < -0.39 is 0 Å². The normalized spacial score (nSPS) is 26.4. The van der Waals surface area contributed by atoms with E-state index in [1.165, 1.54) is 5.56 Å². The zero-order valence-corrected chi connectivity index (χ0v) is 15.4. The lowest BCUT2D eigenvalue weighted by molar-refractivity contribution is -0.160. The fraction of sp³-hybridized carbons (Fsp3) is 0.524. The molecule has 2 aromatic rings. The molecule has 5 nitrogen and oxygen atoms in total. The number of likely N-dealkylation sites (tertiary alicyclic amines) is 1. The highest BCUT2D eigenvalue weighted by molar-refractivity contribution is 5.14. The van der Waals surface area contributed by atoms with Gasteiger partial charge in [-0.25, -0.2) is 9.97 Å². The molecular formula is C21H27N3O2. The third kappa shape index (κ3) is 3.95. The van der Waals surface area contributed by atoms with Crippen LogP contribution in [0, 0.1) is 6.92 Å². The summed E-state index contributed by atoms with van der Waals surface area (Å²) in [7, 11) is 0. The molecule has 5 heteroatoms. The van der Waals surface area contributed by atoms with Gasteiger partial charge in [-0.15, -0.1) is 0 Å². The van der Waals surface area contributed by atoms with Gasteiger partial charge in [0.1, 0.15) is 11.4 Å². The average molecular weight is 353 g/mol. The van der Waals surface area contributed by atoms with Gasteiger partial charge in [0.2, 0.25) is 0 Å². The number of nitrogens with zero attached hydrogens (tertiary/aromatic N) is 3. The summed E-state index contributed by atoms with van der Waals surface area (Å²) in [4.78, 5) is 11.2. The van der Waals surface area contributed by atoms with Crippen molar-refractivity contribution < 1.29 is 9.47 Å². The largest absolute Gasteiger partial charge is 0.371 e. The first-order valence-electron chi connectivity index (χ1n) is 9.54. The summed E-state index contributed by atoms with van der Waals surface area (Å²) in [5.74, 6) is 0.829. The number of ether oxygens (including phenoxy) is 2. The van der Waals surface area contributed by atoms with Gasteiger partial charge in [0.05, 0.1) is 18.4 Å². The van der Waals surface area contributed by atoms with Crippen molar-refractivity contribution in [2.45, 2.75) is 51.0 Å². The Morgan fingerprint density at radius 1 is 1.27 bits per heavy atom. The molecule has 0 amide bonds. The molecule has 2 fully saturated rings. The van der Waals surface area contributed by atoms with Gasteiger partial charge in [0.25, 0.3) is 0 Å². The first-order valence-corrected chi connectivity index (χ1v) is 9.54. The van der Waals surface area contributed by atoms with Crippen LogP contribution in [0.25, 0.3) is 0 Å². The average Bonchev–Trinajstić information content (AvgIpc) is 3.11. The lowest BCUT2D eigenvalue weighted by Crippen LogP contribution is -2.57. The van der Waals surface area contributed by atoms with E-state index in [2.05, 4.69) is 39.1 Å². The van der Waals surface area contributed by atoms with Gasteiger partial charge in [-0.2, -0.15) is 0 Å². The number of aromatic nitrogens is 2. The first-order chi connectivity index (χ1) is 12.7. The molecular weight excluding hydrogens is 326 g/mol. The fourth-order valence-corrected chi connectivity index (χ4v) is 4.18. The first kappa shape index (κ1) is 17.6. The van der Waals surface area contributed by atoms with Gasteiger partial charge >= 0.3 is 0 Å². The SMILES string of the molecule is Cc1nccc(CN2CC[C@H](OCc3ccccc3)[C@]3(CCCO3)C2)n1. The summed E-state index contributed by atoms with van der Waals surface area (Å²) in [5, 5.41) is 0. The number of rotatable bonds is 5. The van der Waals surface area contributed by atoms with Crippen molar-refractivity contribution in [3.63, 3.8) is 0 Å². The molecule has 0 bridgehead atoms. The minimum Gasteiger partial charge on any atom is -0.371 e. The highest BCUT2D eigenvalue weighted by Crippen LogP contribution is 2.37. The summed E-state index contributed by atoms with van der Waals surface area (Å²) < 4.78 is 12.6. The minimum atomic E-state index is -0.172. The summed E-state index contributed by atoms with van der Waals surface area (Å²) in [6.45, 7) is 6.20. The van der Waals surface area contributed by atoms with E-state index in [1.807, 2.05) is 25.3 Å². The van der Waals surface area contributed by atoms with Crippen LogP contribution in [0.3, 0.4) is 0 Å². The lowest BCUT2D eigenvalue weighted by atomic mass is 9.86. The Bertz CT molecular complexity index is 716. The molecule has 0 unspecified atom stereocenters. The topological polar surface area (TPSA) is 47.5 Å². The molecule has 1 aromatic heterocycles. The second kappa shape index (κ2) is 7.82. The minimum absolute atomic E-state index is 0.161. The molecule has 0 N–H and O–H groups in total. The molecule has 2 aliphatic heterocycles. The predicted octanol–water partition coefficient (Wildman–Crippen LogP) is 3.13. The van der Waals surface area contributed by atoms with Crippen LogP contribution in [0.5, 0.6) is 0 Å². The van der Waals surface area contributed by atoms with Crippen molar-refractivity contribution >= 4 is 0 Å². The monoisotopic (exact) mass is 353 g/mol. The summed E-state index contributed by atoms with van der Waals surface area (Å²) >= 11 is 0. The Balaban J connectivity index is 1.42. The lowest BCUT2D eigenvalue weighted by Gasteiger charge is -2.45. The van der Waals surface area contributed by atoms with Gasteiger partial charge < -0.3 is 9.47 Å². The molecule has 2 aliphatic rings. The summed E-state index contributed by atoms with van der Waals surface area (Å²) in [6.07, 6.45) is 5.19. The third-order valence-electron chi connectivity index (χ3n) is 5.43. The molecule has 2 saturated heterocycles. The molecule has 138 valence electrons. The standard InChI is InChI=1S/C21H27N3O2/c1-17-22-11-8-19(23-17)14-24-12-9-20(21(16-24)10-5-13-26-21)25-15-18-6-3-2-4-7-18/h2-4,6-8,11,20H,5,9-10,12-16H2,1H3/t20-,21-/m0/s1. The molecule has 0 radical (unpaired) electrons. The number of piperidine rings is 1. The van der Waals surface area contributed by atoms with Crippen LogP contribution < -0.4 is 0 Å². The second-order valence-electron chi connectivity index (χ2n) is 7.40. The number of hydrogen-bond donors (Lipinski definition) is 0. The Hall–Kier alpha value is -1.82. The highest BCUT2D eigenvalue weighted by Gasteiger charge is 2.47. The fourth-order valence-electron chi connectivity index (χ4n) is 4.18. The molecule has 4 rings (SSSR count). The van der Waals surface area contributed by atoms with Crippen molar-refractivity contribution in [2.75, 3.05) is 19.7 Å². The van der Waals surface area contributed by atoms with E-state index >= 15 is 0 Å². The van der Waals surface area contributed by atoms with Crippen molar-refractivity contribution in [2.24, 2.45) is 0 Å². The molecule has 1 aromatic carbocycles. The number of hydrogen-bond acceptors (Lipinski definition) is 5. The van der Waals surface area contributed by atoms with Crippen LogP contribution >= 0.6 is 0 Å². The van der Waals surface area contributed by atoms with Crippen molar-refractivity contribution in [1.82, 2.24) is 14.9 Å². The molecule has 3 heterocycles. The van der Waals surface area contributed by atoms with E-state index in [1.54, 1.807) is 0 Å².